The molecule has 0 amide bonds. The molecule has 0 saturated carbocycles. The molecular formula is C14H2F8N2. The van der Waals surface area contributed by atoms with Crippen molar-refractivity contribution in [2.24, 2.45) is 0 Å². The van der Waals surface area contributed by atoms with Crippen LogP contribution >= 0.6 is 0 Å². The Labute approximate surface area is 128 Å². The summed E-state index contributed by atoms with van der Waals surface area (Å²) in [4.78, 5) is 0. The van der Waals surface area contributed by atoms with Crippen molar-refractivity contribution >= 4 is 10.8 Å². The standard InChI is InChI=1S/C14H2F8N2/c15-9-4(1-2-23)10(16)11(17)6-5(3-24)8(14(20,21)22)13(19)12(18)7(6)9/h1H2. The first-order valence-electron chi connectivity index (χ1n) is 5.92. The molecule has 0 unspecified atom stereocenters. The zero-order valence-corrected chi connectivity index (χ0v) is 11.1. The van der Waals surface area contributed by atoms with Crippen molar-refractivity contribution in [2.45, 2.75) is 12.6 Å². The fourth-order valence-corrected chi connectivity index (χ4v) is 2.22. The van der Waals surface area contributed by atoms with E-state index in [-0.39, 0.29) is 0 Å². The van der Waals surface area contributed by atoms with Crippen LogP contribution in [0.15, 0.2) is 0 Å². The molecular weight excluding hydrogens is 348 g/mol. The zero-order chi connectivity index (χ0) is 18.4. The van der Waals surface area contributed by atoms with E-state index in [9.17, 15) is 35.1 Å². The maximum Gasteiger partial charge on any atom is 0.420 e. The van der Waals surface area contributed by atoms with E-state index in [1.165, 1.54) is 6.07 Å². The summed E-state index contributed by atoms with van der Waals surface area (Å²) in [5, 5.41) is 13.9. The van der Waals surface area contributed by atoms with E-state index in [0.29, 0.717) is 0 Å². The summed E-state index contributed by atoms with van der Waals surface area (Å²) in [5.41, 5.74) is -5.56. The zero-order valence-electron chi connectivity index (χ0n) is 11.1. The van der Waals surface area contributed by atoms with Gasteiger partial charge in [0, 0.05) is 10.9 Å². The van der Waals surface area contributed by atoms with Gasteiger partial charge in [-0.25, -0.2) is 22.0 Å². The van der Waals surface area contributed by atoms with Crippen LogP contribution in [0, 0.1) is 51.7 Å². The molecule has 0 aliphatic rings. The van der Waals surface area contributed by atoms with Crippen LogP contribution in [0.2, 0.25) is 0 Å². The Morgan fingerprint density at radius 2 is 1.29 bits per heavy atom. The number of benzene rings is 2. The van der Waals surface area contributed by atoms with Gasteiger partial charge in [0.25, 0.3) is 0 Å². The Balaban J connectivity index is 3.23. The lowest BCUT2D eigenvalue weighted by atomic mass is 9.94. The Morgan fingerprint density at radius 3 is 1.75 bits per heavy atom. The summed E-state index contributed by atoms with van der Waals surface area (Å²) >= 11 is 0. The summed E-state index contributed by atoms with van der Waals surface area (Å²) in [6.45, 7) is 0. The highest BCUT2D eigenvalue weighted by atomic mass is 19.4. The van der Waals surface area contributed by atoms with Crippen LogP contribution in [0.5, 0.6) is 0 Å². The van der Waals surface area contributed by atoms with Crippen LogP contribution in [0.1, 0.15) is 16.7 Å². The number of alkyl halides is 3. The molecule has 0 aliphatic carbocycles. The van der Waals surface area contributed by atoms with Crippen LogP contribution in [0.3, 0.4) is 0 Å². The molecule has 2 aromatic rings. The van der Waals surface area contributed by atoms with Gasteiger partial charge in [-0.15, -0.1) is 0 Å². The van der Waals surface area contributed by atoms with Gasteiger partial charge in [-0.1, -0.05) is 0 Å². The Hall–Kier alpha value is -2.88. The normalized spacial score (nSPS) is 11.4. The minimum Gasteiger partial charge on any atom is -0.206 e. The van der Waals surface area contributed by atoms with Gasteiger partial charge in [-0.05, 0) is 0 Å². The minimum atomic E-state index is -5.62. The van der Waals surface area contributed by atoms with E-state index < -0.39 is 69.1 Å². The topological polar surface area (TPSA) is 47.6 Å². The van der Waals surface area contributed by atoms with Crippen molar-refractivity contribution in [1.82, 2.24) is 0 Å². The van der Waals surface area contributed by atoms with Gasteiger partial charge in [0.2, 0.25) is 0 Å². The Kier molecular flexibility index (Phi) is 4.10. The molecule has 124 valence electrons. The predicted octanol–water partition coefficient (Wildman–Crippen LogP) is 4.49. The van der Waals surface area contributed by atoms with E-state index >= 15 is 0 Å². The lowest BCUT2D eigenvalue weighted by Gasteiger charge is -2.16. The van der Waals surface area contributed by atoms with E-state index in [2.05, 4.69) is 0 Å². The van der Waals surface area contributed by atoms with Crippen molar-refractivity contribution in [2.75, 3.05) is 0 Å². The number of hydrogen-bond donors (Lipinski definition) is 0. The molecule has 0 aromatic heterocycles. The van der Waals surface area contributed by atoms with Crippen molar-refractivity contribution in [3.05, 3.63) is 45.8 Å². The molecule has 0 N–H and O–H groups in total. The highest BCUT2D eigenvalue weighted by molar-refractivity contribution is 5.92. The minimum absolute atomic E-state index is 0.795. The van der Waals surface area contributed by atoms with Crippen molar-refractivity contribution < 1.29 is 35.1 Å². The quantitative estimate of drug-likeness (QED) is 0.562. The van der Waals surface area contributed by atoms with Crippen LogP contribution in [-0.2, 0) is 12.6 Å². The van der Waals surface area contributed by atoms with Gasteiger partial charge in [0.15, 0.2) is 23.3 Å². The second-order valence-corrected chi connectivity index (χ2v) is 4.49. The predicted molar refractivity (Wildman–Crippen MR) is 62.8 cm³/mol. The maximum atomic E-state index is 14.1. The third-order valence-electron chi connectivity index (χ3n) is 3.19. The molecule has 0 aliphatic heterocycles. The second-order valence-electron chi connectivity index (χ2n) is 4.49. The van der Waals surface area contributed by atoms with Gasteiger partial charge in [0.1, 0.15) is 17.4 Å². The average molecular weight is 350 g/mol. The number of halogens is 8. The molecule has 0 heterocycles. The van der Waals surface area contributed by atoms with Crippen LogP contribution in [-0.4, -0.2) is 0 Å². The van der Waals surface area contributed by atoms with E-state index in [0.717, 1.165) is 6.07 Å². The largest absolute Gasteiger partial charge is 0.420 e. The lowest BCUT2D eigenvalue weighted by molar-refractivity contribution is -0.140. The van der Waals surface area contributed by atoms with Gasteiger partial charge in [-0.3, -0.25) is 0 Å². The number of nitrogens with zero attached hydrogens (tertiary/aromatic N) is 2. The van der Waals surface area contributed by atoms with Gasteiger partial charge >= 0.3 is 6.18 Å². The Bertz CT molecular complexity index is 947. The molecule has 2 nitrogen and oxygen atoms in total. The van der Waals surface area contributed by atoms with Crippen LogP contribution < -0.4 is 0 Å². The summed E-state index contributed by atoms with van der Waals surface area (Å²) in [5.74, 6) is -11.3. The Morgan fingerprint density at radius 1 is 0.750 bits per heavy atom. The van der Waals surface area contributed by atoms with E-state index in [1.54, 1.807) is 0 Å². The molecule has 0 saturated heterocycles. The van der Waals surface area contributed by atoms with E-state index in [1.807, 2.05) is 0 Å². The maximum absolute atomic E-state index is 14.1. The van der Waals surface area contributed by atoms with Gasteiger partial charge in [0.05, 0.1) is 23.4 Å². The number of rotatable bonds is 1. The van der Waals surface area contributed by atoms with Gasteiger partial charge < -0.3 is 0 Å². The highest BCUT2D eigenvalue weighted by Gasteiger charge is 2.42. The first-order valence-corrected chi connectivity index (χ1v) is 5.92. The van der Waals surface area contributed by atoms with Crippen LogP contribution in [0.25, 0.3) is 10.8 Å². The molecule has 2 aromatic carbocycles. The molecule has 0 radical (unpaired) electrons. The highest BCUT2D eigenvalue weighted by Crippen LogP contribution is 2.41. The molecule has 10 heteroatoms. The number of hydrogen-bond acceptors (Lipinski definition) is 2. The summed E-state index contributed by atoms with van der Waals surface area (Å²) in [6.07, 6.45) is -6.70. The first-order chi connectivity index (χ1) is 11.1. The lowest BCUT2D eigenvalue weighted by Crippen LogP contribution is -2.15. The van der Waals surface area contributed by atoms with Crippen molar-refractivity contribution in [1.29, 1.82) is 10.5 Å². The number of fused-ring (bicyclic) bond motifs is 1. The van der Waals surface area contributed by atoms with Crippen molar-refractivity contribution in [3.8, 4) is 12.1 Å². The summed E-state index contributed by atoms with van der Waals surface area (Å²) in [6, 6.07) is 2.04. The average Bonchev–Trinajstić information content (AvgIpc) is 2.49. The molecule has 0 fully saturated rings. The van der Waals surface area contributed by atoms with E-state index in [4.69, 9.17) is 10.5 Å². The molecule has 0 atom stereocenters. The first kappa shape index (κ1) is 17.5. The molecule has 24 heavy (non-hydrogen) atoms. The number of nitriles is 2. The smallest absolute Gasteiger partial charge is 0.206 e. The summed E-state index contributed by atoms with van der Waals surface area (Å²) < 4.78 is 108. The van der Waals surface area contributed by atoms with Gasteiger partial charge in [-0.2, -0.15) is 23.7 Å². The molecule has 2 rings (SSSR count). The summed E-state index contributed by atoms with van der Waals surface area (Å²) in [7, 11) is 0. The molecule has 0 bridgehead atoms. The third kappa shape index (κ3) is 2.31. The molecule has 0 spiro atoms. The van der Waals surface area contributed by atoms with Crippen LogP contribution in [0.4, 0.5) is 35.1 Å². The second kappa shape index (κ2) is 5.64. The fourth-order valence-electron chi connectivity index (χ4n) is 2.22. The monoisotopic (exact) mass is 350 g/mol. The fraction of sp³-hybridized carbons (Fsp3) is 0.143. The SMILES string of the molecule is N#CCc1c(F)c(F)c2c(C#N)c(C(F)(F)F)c(F)c(F)c2c1F. The third-order valence-corrected chi connectivity index (χ3v) is 3.19. The van der Waals surface area contributed by atoms with Crippen molar-refractivity contribution in [3.63, 3.8) is 0 Å².